The summed E-state index contributed by atoms with van der Waals surface area (Å²) in [7, 11) is 0. The van der Waals surface area contributed by atoms with Crippen molar-refractivity contribution in [2.24, 2.45) is 5.92 Å². The largest absolute Gasteiger partial charge is 0.481 e. The molecular weight excluding hydrogens is 226 g/mol. The summed E-state index contributed by atoms with van der Waals surface area (Å²) in [4.78, 5) is 34.3. The summed E-state index contributed by atoms with van der Waals surface area (Å²) >= 11 is 0. The second-order valence-corrected chi connectivity index (χ2v) is 3.80. The fourth-order valence-electron chi connectivity index (χ4n) is 1.17. The number of likely N-dealkylation sites (N-methyl/N-ethyl adjacent to an activating group) is 1. The van der Waals surface area contributed by atoms with Gasteiger partial charge in [0.25, 0.3) is 5.91 Å². The maximum absolute atomic E-state index is 11.4. The minimum absolute atomic E-state index is 0.0500. The van der Waals surface area contributed by atoms with E-state index in [1.807, 2.05) is 6.92 Å². The van der Waals surface area contributed by atoms with Gasteiger partial charge in [0.15, 0.2) is 0 Å². The zero-order chi connectivity index (χ0) is 13.4. The van der Waals surface area contributed by atoms with E-state index in [2.05, 4.69) is 10.9 Å². The van der Waals surface area contributed by atoms with Crippen molar-refractivity contribution in [2.75, 3.05) is 19.6 Å². The summed E-state index contributed by atoms with van der Waals surface area (Å²) < 4.78 is 0. The highest BCUT2D eigenvalue weighted by atomic mass is 16.4. The molecule has 0 heterocycles. The SMILES string of the molecule is CCN(CC(=O)NNC(C)=O)CC(C)C(=O)O. The molecule has 0 aliphatic carbocycles. The van der Waals surface area contributed by atoms with Crippen LogP contribution >= 0.6 is 0 Å². The molecule has 7 nitrogen and oxygen atoms in total. The number of nitrogens with one attached hydrogen (secondary N) is 2. The first-order valence-electron chi connectivity index (χ1n) is 5.37. The molecule has 0 saturated heterocycles. The van der Waals surface area contributed by atoms with Gasteiger partial charge >= 0.3 is 5.97 Å². The second kappa shape index (κ2) is 7.61. The lowest BCUT2D eigenvalue weighted by Crippen LogP contribution is -2.46. The van der Waals surface area contributed by atoms with Gasteiger partial charge in [0.05, 0.1) is 12.5 Å². The molecule has 17 heavy (non-hydrogen) atoms. The summed E-state index contributed by atoms with van der Waals surface area (Å²) in [5, 5.41) is 8.75. The molecule has 7 heteroatoms. The Hall–Kier alpha value is -1.63. The summed E-state index contributed by atoms with van der Waals surface area (Å²) in [6, 6.07) is 0. The van der Waals surface area contributed by atoms with Gasteiger partial charge in [-0.25, -0.2) is 0 Å². The van der Waals surface area contributed by atoms with E-state index in [4.69, 9.17) is 5.11 Å². The average Bonchev–Trinajstić information content (AvgIpc) is 2.25. The summed E-state index contributed by atoms with van der Waals surface area (Å²) in [5.41, 5.74) is 4.39. The van der Waals surface area contributed by atoms with E-state index in [-0.39, 0.29) is 18.4 Å². The summed E-state index contributed by atoms with van der Waals surface area (Å²) in [6.07, 6.45) is 0. The van der Waals surface area contributed by atoms with Crippen LogP contribution in [-0.4, -0.2) is 47.4 Å². The van der Waals surface area contributed by atoms with Crippen molar-refractivity contribution in [1.82, 2.24) is 15.8 Å². The van der Waals surface area contributed by atoms with Gasteiger partial charge in [0.2, 0.25) is 5.91 Å². The van der Waals surface area contributed by atoms with Gasteiger partial charge in [-0.3, -0.25) is 30.1 Å². The molecular formula is C10H19N3O4. The molecule has 0 radical (unpaired) electrons. The van der Waals surface area contributed by atoms with Crippen LogP contribution in [0.5, 0.6) is 0 Å². The molecule has 2 amide bonds. The Balaban J connectivity index is 4.07. The molecule has 0 spiro atoms. The number of hydrogen-bond donors (Lipinski definition) is 3. The van der Waals surface area contributed by atoms with Crippen LogP contribution in [0.1, 0.15) is 20.8 Å². The second-order valence-electron chi connectivity index (χ2n) is 3.80. The fourth-order valence-corrected chi connectivity index (χ4v) is 1.17. The average molecular weight is 245 g/mol. The number of carboxylic acids is 1. The Labute approximate surface area is 100 Å². The number of rotatable bonds is 6. The van der Waals surface area contributed by atoms with Crippen LogP contribution in [0.25, 0.3) is 0 Å². The molecule has 0 bridgehead atoms. The van der Waals surface area contributed by atoms with E-state index < -0.39 is 11.9 Å². The van der Waals surface area contributed by atoms with E-state index in [1.165, 1.54) is 6.92 Å². The van der Waals surface area contributed by atoms with Crippen molar-refractivity contribution in [3.05, 3.63) is 0 Å². The van der Waals surface area contributed by atoms with Crippen molar-refractivity contribution >= 4 is 17.8 Å². The van der Waals surface area contributed by atoms with Gasteiger partial charge in [-0.05, 0) is 6.54 Å². The zero-order valence-corrected chi connectivity index (χ0v) is 10.3. The number of aliphatic carboxylic acids is 1. The number of hydrogen-bond acceptors (Lipinski definition) is 4. The Morgan fingerprint density at radius 2 is 1.88 bits per heavy atom. The molecule has 1 unspecified atom stereocenters. The first-order valence-corrected chi connectivity index (χ1v) is 5.37. The Bertz CT molecular complexity index is 293. The molecule has 0 aromatic heterocycles. The van der Waals surface area contributed by atoms with Crippen molar-refractivity contribution in [2.45, 2.75) is 20.8 Å². The first kappa shape index (κ1) is 15.4. The zero-order valence-electron chi connectivity index (χ0n) is 10.3. The maximum Gasteiger partial charge on any atom is 0.307 e. The topological polar surface area (TPSA) is 98.7 Å². The highest BCUT2D eigenvalue weighted by Gasteiger charge is 2.17. The van der Waals surface area contributed by atoms with Crippen molar-refractivity contribution in [1.29, 1.82) is 0 Å². The Morgan fingerprint density at radius 1 is 1.29 bits per heavy atom. The number of carboxylic acid groups (broad SMARTS) is 1. The van der Waals surface area contributed by atoms with E-state index in [0.717, 1.165) is 0 Å². The van der Waals surface area contributed by atoms with Crippen molar-refractivity contribution in [3.63, 3.8) is 0 Å². The predicted molar refractivity (Wildman–Crippen MR) is 60.9 cm³/mol. The lowest BCUT2D eigenvalue weighted by molar-refractivity contribution is -0.142. The van der Waals surface area contributed by atoms with Crippen LogP contribution < -0.4 is 10.9 Å². The number of nitrogens with zero attached hydrogens (tertiary/aromatic N) is 1. The van der Waals surface area contributed by atoms with Crippen LogP contribution in [0.3, 0.4) is 0 Å². The maximum atomic E-state index is 11.4. The van der Waals surface area contributed by atoms with Gasteiger partial charge in [-0.2, -0.15) is 0 Å². The third kappa shape index (κ3) is 7.29. The number of carbonyl (C=O) groups excluding carboxylic acids is 2. The van der Waals surface area contributed by atoms with Crippen molar-refractivity contribution < 1.29 is 19.5 Å². The van der Waals surface area contributed by atoms with Gasteiger partial charge in [-0.15, -0.1) is 0 Å². The molecule has 98 valence electrons. The van der Waals surface area contributed by atoms with Crippen LogP contribution in [0.2, 0.25) is 0 Å². The number of hydrazine groups is 1. The molecule has 0 aliphatic heterocycles. The normalized spacial score (nSPS) is 12.0. The fraction of sp³-hybridized carbons (Fsp3) is 0.700. The molecule has 0 aromatic carbocycles. The predicted octanol–water partition coefficient (Wildman–Crippen LogP) is -0.804. The van der Waals surface area contributed by atoms with Gasteiger partial charge in [0, 0.05) is 13.5 Å². The summed E-state index contributed by atoms with van der Waals surface area (Å²) in [5.74, 6) is -2.17. The van der Waals surface area contributed by atoms with E-state index in [9.17, 15) is 14.4 Å². The van der Waals surface area contributed by atoms with Crippen LogP contribution in [0.4, 0.5) is 0 Å². The third-order valence-corrected chi connectivity index (χ3v) is 2.15. The lowest BCUT2D eigenvalue weighted by atomic mass is 10.1. The molecule has 0 aliphatic rings. The number of carbonyl (C=O) groups is 3. The third-order valence-electron chi connectivity index (χ3n) is 2.15. The highest BCUT2D eigenvalue weighted by molar-refractivity contribution is 5.82. The molecule has 0 rings (SSSR count). The Morgan fingerprint density at radius 3 is 2.29 bits per heavy atom. The molecule has 3 N–H and O–H groups in total. The van der Waals surface area contributed by atoms with Gasteiger partial charge in [-0.1, -0.05) is 13.8 Å². The quantitative estimate of drug-likeness (QED) is 0.532. The highest BCUT2D eigenvalue weighted by Crippen LogP contribution is 1.99. The Kier molecular flexibility index (Phi) is 6.88. The molecule has 0 aromatic rings. The molecule has 1 atom stereocenters. The van der Waals surface area contributed by atoms with Crippen LogP contribution in [-0.2, 0) is 14.4 Å². The summed E-state index contributed by atoms with van der Waals surface area (Å²) in [6.45, 7) is 5.60. The first-order chi connectivity index (χ1) is 7.86. The smallest absolute Gasteiger partial charge is 0.307 e. The molecule has 0 fully saturated rings. The van der Waals surface area contributed by atoms with E-state index in [1.54, 1.807) is 11.8 Å². The van der Waals surface area contributed by atoms with Gasteiger partial charge < -0.3 is 5.11 Å². The minimum Gasteiger partial charge on any atom is -0.481 e. The van der Waals surface area contributed by atoms with E-state index in [0.29, 0.717) is 13.1 Å². The van der Waals surface area contributed by atoms with Crippen LogP contribution in [0.15, 0.2) is 0 Å². The minimum atomic E-state index is -0.897. The number of amides is 2. The standard InChI is InChI=1S/C10H19N3O4/c1-4-13(5-7(2)10(16)17)6-9(15)12-11-8(3)14/h7H,4-6H2,1-3H3,(H,11,14)(H,12,15)(H,16,17). The van der Waals surface area contributed by atoms with Crippen molar-refractivity contribution in [3.8, 4) is 0 Å². The molecule has 0 saturated carbocycles. The van der Waals surface area contributed by atoms with Crippen LogP contribution in [0, 0.1) is 5.92 Å². The van der Waals surface area contributed by atoms with E-state index >= 15 is 0 Å². The lowest BCUT2D eigenvalue weighted by Gasteiger charge is -2.21. The van der Waals surface area contributed by atoms with Gasteiger partial charge in [0.1, 0.15) is 0 Å². The monoisotopic (exact) mass is 245 g/mol.